The van der Waals surface area contributed by atoms with Crippen molar-refractivity contribution in [2.24, 2.45) is 0 Å². The molecule has 0 fully saturated rings. The van der Waals surface area contributed by atoms with Crippen LogP contribution in [0.2, 0.25) is 0 Å². The van der Waals surface area contributed by atoms with Gasteiger partial charge < -0.3 is 0 Å². The average molecular weight is 303 g/mol. The number of anilines is 1. The Morgan fingerprint density at radius 3 is 2.48 bits per heavy atom. The zero-order chi connectivity index (χ0) is 15.5. The SMILES string of the molecule is CCC(=O)c1cccc(S(=O)(=O)Nc2cccc(C)c2)c1. The molecule has 0 amide bonds. The van der Waals surface area contributed by atoms with Gasteiger partial charge in [0.25, 0.3) is 10.0 Å². The lowest BCUT2D eigenvalue weighted by molar-refractivity contribution is 0.0988. The van der Waals surface area contributed by atoms with Gasteiger partial charge in [-0.1, -0.05) is 31.2 Å². The average Bonchev–Trinajstić information content (AvgIpc) is 2.46. The van der Waals surface area contributed by atoms with Crippen LogP contribution < -0.4 is 4.72 Å². The van der Waals surface area contributed by atoms with Gasteiger partial charge in [0.15, 0.2) is 5.78 Å². The van der Waals surface area contributed by atoms with E-state index in [1.807, 2.05) is 13.0 Å². The second kappa shape index (κ2) is 6.10. The van der Waals surface area contributed by atoms with Gasteiger partial charge in [0, 0.05) is 17.7 Å². The largest absolute Gasteiger partial charge is 0.294 e. The number of aryl methyl sites for hydroxylation is 1. The number of benzene rings is 2. The highest BCUT2D eigenvalue weighted by Gasteiger charge is 2.16. The Bertz CT molecular complexity index is 767. The van der Waals surface area contributed by atoms with Crippen LogP contribution in [0.5, 0.6) is 0 Å². The number of hydrogen-bond donors (Lipinski definition) is 1. The van der Waals surface area contributed by atoms with Crippen LogP contribution in [-0.4, -0.2) is 14.2 Å². The number of carbonyl (C=O) groups is 1. The van der Waals surface area contributed by atoms with E-state index in [4.69, 9.17) is 0 Å². The molecule has 0 aliphatic rings. The van der Waals surface area contributed by atoms with Gasteiger partial charge in [0.05, 0.1) is 4.90 Å². The fourth-order valence-electron chi connectivity index (χ4n) is 1.96. The zero-order valence-electron chi connectivity index (χ0n) is 12.0. The maximum atomic E-state index is 12.4. The number of hydrogen-bond acceptors (Lipinski definition) is 3. The molecule has 0 spiro atoms. The third kappa shape index (κ3) is 3.70. The standard InChI is InChI=1S/C16H17NO3S/c1-3-16(18)13-7-5-9-15(11-13)21(19,20)17-14-8-4-6-12(2)10-14/h4-11,17H,3H2,1-2H3. The van der Waals surface area contributed by atoms with E-state index in [0.717, 1.165) is 5.56 Å². The van der Waals surface area contributed by atoms with E-state index in [0.29, 0.717) is 17.7 Å². The summed E-state index contributed by atoms with van der Waals surface area (Å²) in [5.74, 6) is -0.0809. The summed E-state index contributed by atoms with van der Waals surface area (Å²) >= 11 is 0. The van der Waals surface area contributed by atoms with Crippen molar-refractivity contribution in [3.63, 3.8) is 0 Å². The van der Waals surface area contributed by atoms with E-state index >= 15 is 0 Å². The molecule has 0 radical (unpaired) electrons. The second-order valence-corrected chi connectivity index (χ2v) is 6.46. The Hall–Kier alpha value is -2.14. The van der Waals surface area contributed by atoms with Crippen LogP contribution >= 0.6 is 0 Å². The monoisotopic (exact) mass is 303 g/mol. The molecule has 5 heteroatoms. The number of rotatable bonds is 5. The van der Waals surface area contributed by atoms with Crippen LogP contribution in [0.3, 0.4) is 0 Å². The van der Waals surface area contributed by atoms with Crippen molar-refractivity contribution >= 4 is 21.5 Å². The van der Waals surface area contributed by atoms with Gasteiger partial charge in [0.2, 0.25) is 0 Å². The molecule has 0 aliphatic heterocycles. The predicted octanol–water partition coefficient (Wildman–Crippen LogP) is 3.39. The summed E-state index contributed by atoms with van der Waals surface area (Å²) in [6.07, 6.45) is 0.342. The number of nitrogens with one attached hydrogen (secondary N) is 1. The van der Waals surface area contributed by atoms with E-state index in [1.165, 1.54) is 12.1 Å². The van der Waals surface area contributed by atoms with Crippen LogP contribution in [-0.2, 0) is 10.0 Å². The van der Waals surface area contributed by atoms with E-state index in [-0.39, 0.29) is 10.7 Å². The van der Waals surface area contributed by atoms with Gasteiger partial charge in [-0.3, -0.25) is 9.52 Å². The highest BCUT2D eigenvalue weighted by Crippen LogP contribution is 2.18. The van der Waals surface area contributed by atoms with E-state index < -0.39 is 10.0 Å². The molecule has 2 aromatic carbocycles. The van der Waals surface area contributed by atoms with Gasteiger partial charge in [-0.25, -0.2) is 8.42 Å². The minimum Gasteiger partial charge on any atom is -0.294 e. The molecule has 4 nitrogen and oxygen atoms in total. The molecule has 1 N–H and O–H groups in total. The van der Waals surface area contributed by atoms with Gasteiger partial charge in [0.1, 0.15) is 0 Å². The van der Waals surface area contributed by atoms with Crippen molar-refractivity contribution < 1.29 is 13.2 Å². The third-order valence-electron chi connectivity index (χ3n) is 3.06. The molecule has 2 rings (SSSR count). The zero-order valence-corrected chi connectivity index (χ0v) is 12.8. The summed E-state index contributed by atoms with van der Waals surface area (Å²) in [7, 11) is -3.70. The van der Waals surface area contributed by atoms with Crippen molar-refractivity contribution in [1.29, 1.82) is 0 Å². The molecule has 0 bridgehead atoms. The highest BCUT2D eigenvalue weighted by atomic mass is 32.2. The fraction of sp³-hybridized carbons (Fsp3) is 0.188. The molecular weight excluding hydrogens is 286 g/mol. The molecule has 110 valence electrons. The van der Waals surface area contributed by atoms with Crippen molar-refractivity contribution in [3.05, 3.63) is 59.7 Å². The van der Waals surface area contributed by atoms with Crippen molar-refractivity contribution in [2.45, 2.75) is 25.2 Å². The molecule has 21 heavy (non-hydrogen) atoms. The number of sulfonamides is 1. The van der Waals surface area contributed by atoms with Crippen molar-refractivity contribution in [2.75, 3.05) is 4.72 Å². The smallest absolute Gasteiger partial charge is 0.261 e. The topological polar surface area (TPSA) is 63.2 Å². The van der Waals surface area contributed by atoms with Crippen LogP contribution in [0.1, 0.15) is 29.3 Å². The second-order valence-electron chi connectivity index (χ2n) is 4.78. The van der Waals surface area contributed by atoms with Crippen LogP contribution in [0.15, 0.2) is 53.4 Å². The van der Waals surface area contributed by atoms with Crippen LogP contribution in [0.25, 0.3) is 0 Å². The number of Topliss-reactive ketones (excluding diaryl/α,β-unsaturated/α-hetero) is 1. The first kappa shape index (κ1) is 15.3. The normalized spacial score (nSPS) is 11.1. The lowest BCUT2D eigenvalue weighted by atomic mass is 10.1. The quantitative estimate of drug-likeness (QED) is 0.861. The lowest BCUT2D eigenvalue weighted by Gasteiger charge is -2.09. The Morgan fingerprint density at radius 1 is 1.10 bits per heavy atom. The minimum absolute atomic E-state index is 0.0809. The molecule has 0 saturated carbocycles. The Balaban J connectivity index is 2.33. The fourth-order valence-corrected chi connectivity index (χ4v) is 3.06. The van der Waals surface area contributed by atoms with Gasteiger partial charge in [-0.15, -0.1) is 0 Å². The van der Waals surface area contributed by atoms with E-state index in [9.17, 15) is 13.2 Å². The van der Waals surface area contributed by atoms with Gasteiger partial charge in [-0.2, -0.15) is 0 Å². The Kier molecular flexibility index (Phi) is 4.43. The number of ketones is 1. The maximum Gasteiger partial charge on any atom is 0.261 e. The molecular formula is C16H17NO3S. The first-order chi connectivity index (χ1) is 9.92. The Morgan fingerprint density at radius 2 is 1.81 bits per heavy atom. The first-order valence-electron chi connectivity index (χ1n) is 6.65. The van der Waals surface area contributed by atoms with E-state index in [2.05, 4.69) is 4.72 Å². The molecule has 0 saturated heterocycles. The van der Waals surface area contributed by atoms with Crippen LogP contribution in [0.4, 0.5) is 5.69 Å². The molecule has 0 heterocycles. The predicted molar refractivity (Wildman–Crippen MR) is 83.1 cm³/mol. The first-order valence-corrected chi connectivity index (χ1v) is 8.13. The minimum atomic E-state index is -3.70. The summed E-state index contributed by atoms with van der Waals surface area (Å²) in [5, 5.41) is 0. The summed E-state index contributed by atoms with van der Waals surface area (Å²) in [5.41, 5.74) is 1.87. The van der Waals surface area contributed by atoms with Crippen molar-refractivity contribution in [3.8, 4) is 0 Å². The maximum absolute atomic E-state index is 12.4. The Labute approximate surface area is 124 Å². The summed E-state index contributed by atoms with van der Waals surface area (Å²) in [6, 6.07) is 13.2. The molecule has 0 aliphatic carbocycles. The van der Waals surface area contributed by atoms with E-state index in [1.54, 1.807) is 37.3 Å². The summed E-state index contributed by atoms with van der Waals surface area (Å²) in [6.45, 7) is 3.63. The molecule has 2 aromatic rings. The lowest BCUT2D eigenvalue weighted by Crippen LogP contribution is -2.13. The molecule has 0 unspecified atom stereocenters. The van der Waals surface area contributed by atoms with Crippen LogP contribution in [0, 0.1) is 6.92 Å². The summed E-state index contributed by atoms with van der Waals surface area (Å²) in [4.78, 5) is 11.8. The molecule has 0 aromatic heterocycles. The number of carbonyl (C=O) groups excluding carboxylic acids is 1. The third-order valence-corrected chi connectivity index (χ3v) is 4.44. The molecule has 0 atom stereocenters. The van der Waals surface area contributed by atoms with Gasteiger partial charge >= 0.3 is 0 Å². The highest BCUT2D eigenvalue weighted by molar-refractivity contribution is 7.92. The van der Waals surface area contributed by atoms with Crippen molar-refractivity contribution in [1.82, 2.24) is 0 Å². The summed E-state index contributed by atoms with van der Waals surface area (Å²) < 4.78 is 27.2. The van der Waals surface area contributed by atoms with Gasteiger partial charge in [-0.05, 0) is 36.8 Å².